The van der Waals surface area contributed by atoms with Gasteiger partial charge in [-0.25, -0.2) is 0 Å². The zero-order valence-corrected chi connectivity index (χ0v) is 5.56. The summed E-state index contributed by atoms with van der Waals surface area (Å²) in [6.07, 6.45) is 6.18. The first-order chi connectivity index (χ1) is 3.86. The maximum Gasteiger partial charge on any atom is -0.0380 e. The first kappa shape index (κ1) is 4.84. The molecule has 0 heterocycles. The second-order valence-corrected chi connectivity index (χ2v) is 3.67. The first-order valence-electron chi connectivity index (χ1n) is 3.86. The van der Waals surface area contributed by atoms with Gasteiger partial charge in [0.05, 0.1) is 0 Å². The SMILES string of the molecule is C[C@H]1CC[C@H]2C[C@H]2C1. The van der Waals surface area contributed by atoms with Crippen molar-refractivity contribution in [3.63, 3.8) is 0 Å². The summed E-state index contributed by atoms with van der Waals surface area (Å²) < 4.78 is 0. The second kappa shape index (κ2) is 1.49. The van der Waals surface area contributed by atoms with Crippen LogP contribution >= 0.6 is 0 Å². The Hall–Kier alpha value is 0. The minimum absolute atomic E-state index is 1.05. The zero-order chi connectivity index (χ0) is 5.56. The Labute approximate surface area is 51.3 Å². The fraction of sp³-hybridized carbons (Fsp3) is 1.00. The van der Waals surface area contributed by atoms with Crippen LogP contribution in [0.15, 0.2) is 0 Å². The molecule has 0 saturated heterocycles. The molecule has 8 heavy (non-hydrogen) atoms. The first-order valence-corrected chi connectivity index (χ1v) is 3.86. The van der Waals surface area contributed by atoms with Crippen LogP contribution in [0.4, 0.5) is 0 Å². The monoisotopic (exact) mass is 110 g/mol. The molecule has 0 spiro atoms. The number of hydrogen-bond acceptors (Lipinski definition) is 0. The fourth-order valence-electron chi connectivity index (χ4n) is 2.09. The molecular weight excluding hydrogens is 96.1 g/mol. The predicted molar refractivity (Wildman–Crippen MR) is 34.6 cm³/mol. The van der Waals surface area contributed by atoms with E-state index in [4.69, 9.17) is 0 Å². The van der Waals surface area contributed by atoms with Gasteiger partial charge in [-0.1, -0.05) is 13.3 Å². The summed E-state index contributed by atoms with van der Waals surface area (Å²) in [6.45, 7) is 2.40. The van der Waals surface area contributed by atoms with E-state index in [1.807, 2.05) is 0 Å². The van der Waals surface area contributed by atoms with Gasteiger partial charge in [0.25, 0.3) is 0 Å². The summed E-state index contributed by atoms with van der Waals surface area (Å²) in [5.74, 6) is 3.42. The fourth-order valence-corrected chi connectivity index (χ4v) is 2.09. The van der Waals surface area contributed by atoms with Crippen LogP contribution in [0.25, 0.3) is 0 Å². The van der Waals surface area contributed by atoms with Gasteiger partial charge in [0, 0.05) is 0 Å². The Balaban J connectivity index is 1.93. The Morgan fingerprint density at radius 1 is 1.00 bits per heavy atom. The molecule has 0 radical (unpaired) electrons. The van der Waals surface area contributed by atoms with Crippen molar-refractivity contribution >= 4 is 0 Å². The van der Waals surface area contributed by atoms with E-state index in [1.165, 1.54) is 18.3 Å². The van der Waals surface area contributed by atoms with Gasteiger partial charge >= 0.3 is 0 Å². The van der Waals surface area contributed by atoms with Crippen molar-refractivity contribution in [3.8, 4) is 0 Å². The molecule has 0 bridgehead atoms. The molecule has 2 aliphatic rings. The van der Waals surface area contributed by atoms with Crippen LogP contribution in [0.3, 0.4) is 0 Å². The van der Waals surface area contributed by atoms with Crippen LogP contribution in [0.5, 0.6) is 0 Å². The molecule has 2 rings (SSSR count). The van der Waals surface area contributed by atoms with Gasteiger partial charge in [-0.2, -0.15) is 0 Å². The number of rotatable bonds is 0. The van der Waals surface area contributed by atoms with E-state index >= 15 is 0 Å². The molecule has 0 aromatic rings. The molecule has 0 heteroatoms. The molecule has 0 aromatic heterocycles. The Morgan fingerprint density at radius 2 is 1.88 bits per heavy atom. The Bertz CT molecular complexity index is 96.2. The molecule has 2 aliphatic carbocycles. The molecular formula is C8H14. The van der Waals surface area contributed by atoms with Gasteiger partial charge in [0.1, 0.15) is 0 Å². The molecule has 46 valence electrons. The van der Waals surface area contributed by atoms with Crippen molar-refractivity contribution in [3.05, 3.63) is 0 Å². The van der Waals surface area contributed by atoms with Crippen LogP contribution in [-0.2, 0) is 0 Å². The lowest BCUT2D eigenvalue weighted by Gasteiger charge is -2.15. The van der Waals surface area contributed by atoms with Crippen molar-refractivity contribution < 1.29 is 0 Å². The average Bonchev–Trinajstić information content (AvgIpc) is 2.43. The van der Waals surface area contributed by atoms with Gasteiger partial charge in [0.15, 0.2) is 0 Å². The summed E-state index contributed by atoms with van der Waals surface area (Å²) in [7, 11) is 0. The highest BCUT2D eigenvalue weighted by Crippen LogP contribution is 2.51. The maximum atomic E-state index is 2.40. The highest BCUT2D eigenvalue weighted by atomic mass is 14.5. The molecule has 0 unspecified atom stereocenters. The van der Waals surface area contributed by atoms with Crippen LogP contribution in [0, 0.1) is 17.8 Å². The predicted octanol–water partition coefficient (Wildman–Crippen LogP) is 2.44. The largest absolute Gasteiger partial charge is 0.0625 e. The van der Waals surface area contributed by atoms with E-state index in [2.05, 4.69) is 6.92 Å². The Morgan fingerprint density at radius 3 is 2.50 bits per heavy atom. The third-order valence-electron chi connectivity index (χ3n) is 2.80. The van der Waals surface area contributed by atoms with Crippen LogP contribution < -0.4 is 0 Å². The summed E-state index contributed by atoms with van der Waals surface area (Å²) in [6, 6.07) is 0. The number of hydrogen-bond donors (Lipinski definition) is 0. The molecule has 0 aliphatic heterocycles. The molecule has 0 aromatic carbocycles. The molecule has 3 atom stereocenters. The summed E-state index contributed by atoms with van der Waals surface area (Å²) in [4.78, 5) is 0. The minimum atomic E-state index is 1.05. The topological polar surface area (TPSA) is 0 Å². The van der Waals surface area contributed by atoms with Gasteiger partial charge in [0.2, 0.25) is 0 Å². The molecule has 2 saturated carbocycles. The number of fused-ring (bicyclic) bond motifs is 1. The molecule has 0 nitrogen and oxygen atoms in total. The summed E-state index contributed by atoms with van der Waals surface area (Å²) in [5.41, 5.74) is 0. The van der Waals surface area contributed by atoms with Crippen molar-refractivity contribution in [2.45, 2.75) is 32.6 Å². The third kappa shape index (κ3) is 0.667. The van der Waals surface area contributed by atoms with Gasteiger partial charge in [-0.05, 0) is 37.0 Å². The van der Waals surface area contributed by atoms with Gasteiger partial charge in [-0.3, -0.25) is 0 Å². The lowest BCUT2D eigenvalue weighted by atomic mass is 9.91. The van der Waals surface area contributed by atoms with Crippen LogP contribution in [0.1, 0.15) is 32.6 Å². The van der Waals surface area contributed by atoms with E-state index in [0.717, 1.165) is 5.92 Å². The van der Waals surface area contributed by atoms with Crippen LogP contribution in [-0.4, -0.2) is 0 Å². The molecule has 0 N–H and O–H groups in total. The maximum absolute atomic E-state index is 2.40. The Kier molecular flexibility index (Phi) is 0.902. The summed E-state index contributed by atoms with van der Waals surface area (Å²) in [5, 5.41) is 0. The normalized spacial score (nSPS) is 52.9. The van der Waals surface area contributed by atoms with Crippen molar-refractivity contribution in [2.24, 2.45) is 17.8 Å². The molecule has 2 fully saturated rings. The van der Waals surface area contributed by atoms with E-state index in [-0.39, 0.29) is 0 Å². The van der Waals surface area contributed by atoms with E-state index in [9.17, 15) is 0 Å². The van der Waals surface area contributed by atoms with E-state index in [0.29, 0.717) is 0 Å². The van der Waals surface area contributed by atoms with Crippen molar-refractivity contribution in [1.82, 2.24) is 0 Å². The smallest absolute Gasteiger partial charge is 0.0380 e. The quantitative estimate of drug-likeness (QED) is 0.449. The van der Waals surface area contributed by atoms with Crippen molar-refractivity contribution in [1.29, 1.82) is 0 Å². The van der Waals surface area contributed by atoms with E-state index in [1.54, 1.807) is 19.3 Å². The zero-order valence-electron chi connectivity index (χ0n) is 5.56. The van der Waals surface area contributed by atoms with Gasteiger partial charge < -0.3 is 0 Å². The average molecular weight is 110 g/mol. The lowest BCUT2D eigenvalue weighted by molar-refractivity contribution is 0.368. The van der Waals surface area contributed by atoms with Crippen LogP contribution in [0.2, 0.25) is 0 Å². The minimum Gasteiger partial charge on any atom is -0.0625 e. The standard InChI is InChI=1S/C8H14/c1-6-2-3-7-5-8(7)4-6/h6-8H,2-5H2,1H3/t6-,7-,8+/m0/s1. The van der Waals surface area contributed by atoms with Gasteiger partial charge in [-0.15, -0.1) is 0 Å². The highest BCUT2D eigenvalue weighted by molar-refractivity contribution is 4.91. The lowest BCUT2D eigenvalue weighted by Crippen LogP contribution is -2.03. The highest BCUT2D eigenvalue weighted by Gasteiger charge is 2.40. The van der Waals surface area contributed by atoms with Crippen molar-refractivity contribution in [2.75, 3.05) is 0 Å². The second-order valence-electron chi connectivity index (χ2n) is 3.67. The van der Waals surface area contributed by atoms with E-state index < -0.39 is 0 Å². The molecule has 0 amide bonds. The third-order valence-corrected chi connectivity index (χ3v) is 2.80. The summed E-state index contributed by atoms with van der Waals surface area (Å²) >= 11 is 0.